The fourth-order valence-corrected chi connectivity index (χ4v) is 3.62. The third kappa shape index (κ3) is 5.86. The molecule has 0 aliphatic heterocycles. The van der Waals surface area contributed by atoms with Gasteiger partial charge in [0.2, 0.25) is 5.91 Å². The third-order valence-corrected chi connectivity index (χ3v) is 5.54. The quantitative estimate of drug-likeness (QED) is 0.597. The van der Waals surface area contributed by atoms with Crippen LogP contribution in [0.3, 0.4) is 0 Å². The van der Waals surface area contributed by atoms with Crippen molar-refractivity contribution in [2.75, 3.05) is 18.2 Å². The predicted molar refractivity (Wildman–Crippen MR) is 113 cm³/mol. The summed E-state index contributed by atoms with van der Waals surface area (Å²) in [6.07, 6.45) is 1.02. The van der Waals surface area contributed by atoms with E-state index in [4.69, 9.17) is 4.74 Å². The van der Waals surface area contributed by atoms with E-state index in [0.717, 1.165) is 29.0 Å². The standard InChI is InChI=1S/C22H27NO3S/c1-5-15(2)19-8-6-7-9-20(19)23-22(25)14-27-13-18-12-17(16(3)24)10-11-21(18)26-4/h6-12,15H,5,13-14H2,1-4H3,(H,23,25)/t15-/m0/s1. The van der Waals surface area contributed by atoms with E-state index in [1.807, 2.05) is 24.3 Å². The van der Waals surface area contributed by atoms with E-state index in [1.54, 1.807) is 26.2 Å². The fourth-order valence-electron chi connectivity index (χ4n) is 2.81. The van der Waals surface area contributed by atoms with Gasteiger partial charge in [-0.25, -0.2) is 0 Å². The molecule has 2 aromatic rings. The predicted octanol–water partition coefficient (Wildman–Crippen LogP) is 5.28. The van der Waals surface area contributed by atoms with E-state index >= 15 is 0 Å². The number of hydrogen-bond donors (Lipinski definition) is 1. The van der Waals surface area contributed by atoms with Crippen LogP contribution in [-0.2, 0) is 10.5 Å². The third-order valence-electron chi connectivity index (χ3n) is 4.56. The summed E-state index contributed by atoms with van der Waals surface area (Å²) in [5.41, 5.74) is 3.61. The minimum Gasteiger partial charge on any atom is -0.496 e. The Labute approximate surface area is 165 Å². The summed E-state index contributed by atoms with van der Waals surface area (Å²) in [4.78, 5) is 24.0. The molecule has 0 heterocycles. The zero-order valence-electron chi connectivity index (χ0n) is 16.4. The number of methoxy groups -OCH3 is 1. The molecule has 1 N–H and O–H groups in total. The Hall–Kier alpha value is -2.27. The Morgan fingerprint density at radius 3 is 2.59 bits per heavy atom. The van der Waals surface area contributed by atoms with Crippen molar-refractivity contribution in [2.24, 2.45) is 0 Å². The van der Waals surface area contributed by atoms with Gasteiger partial charge in [-0.15, -0.1) is 11.8 Å². The molecular formula is C22H27NO3S. The molecule has 0 spiro atoms. The number of hydrogen-bond acceptors (Lipinski definition) is 4. The molecule has 144 valence electrons. The van der Waals surface area contributed by atoms with Crippen molar-refractivity contribution in [3.63, 3.8) is 0 Å². The van der Waals surface area contributed by atoms with Gasteiger partial charge in [-0.3, -0.25) is 9.59 Å². The van der Waals surface area contributed by atoms with Crippen LogP contribution in [0.25, 0.3) is 0 Å². The number of ether oxygens (including phenoxy) is 1. The average Bonchev–Trinajstić information content (AvgIpc) is 2.67. The lowest BCUT2D eigenvalue weighted by molar-refractivity contribution is -0.113. The number of benzene rings is 2. The first-order chi connectivity index (χ1) is 13.0. The Morgan fingerprint density at radius 2 is 1.93 bits per heavy atom. The van der Waals surface area contributed by atoms with Crippen molar-refractivity contribution in [1.29, 1.82) is 0 Å². The van der Waals surface area contributed by atoms with E-state index < -0.39 is 0 Å². The number of rotatable bonds is 9. The van der Waals surface area contributed by atoms with E-state index in [2.05, 4.69) is 25.2 Å². The molecule has 0 aromatic heterocycles. The summed E-state index contributed by atoms with van der Waals surface area (Å²) in [5.74, 6) is 2.05. The molecule has 0 unspecified atom stereocenters. The minimum atomic E-state index is -0.0301. The summed E-state index contributed by atoms with van der Waals surface area (Å²) >= 11 is 1.50. The maximum atomic E-state index is 12.4. The van der Waals surface area contributed by atoms with Crippen molar-refractivity contribution in [3.8, 4) is 5.75 Å². The van der Waals surface area contributed by atoms with Crippen molar-refractivity contribution >= 4 is 29.1 Å². The summed E-state index contributed by atoms with van der Waals surface area (Å²) in [6, 6.07) is 13.3. The number of nitrogens with one attached hydrogen (secondary N) is 1. The summed E-state index contributed by atoms with van der Waals surface area (Å²) in [7, 11) is 1.61. The number of carbonyl (C=O) groups is 2. The molecule has 5 heteroatoms. The average molecular weight is 386 g/mol. The Bertz CT molecular complexity index is 804. The van der Waals surface area contributed by atoms with Gasteiger partial charge in [0, 0.05) is 22.6 Å². The van der Waals surface area contributed by atoms with Gasteiger partial charge in [-0.1, -0.05) is 32.0 Å². The van der Waals surface area contributed by atoms with E-state index in [1.165, 1.54) is 11.8 Å². The lowest BCUT2D eigenvalue weighted by atomic mass is 9.97. The maximum absolute atomic E-state index is 12.4. The number of carbonyl (C=O) groups excluding carboxylic acids is 2. The molecule has 0 saturated heterocycles. The lowest BCUT2D eigenvalue weighted by Crippen LogP contribution is -2.16. The fraction of sp³-hybridized carbons (Fsp3) is 0.364. The van der Waals surface area contributed by atoms with Crippen LogP contribution in [0.2, 0.25) is 0 Å². The zero-order chi connectivity index (χ0) is 19.8. The van der Waals surface area contributed by atoms with Crippen LogP contribution < -0.4 is 10.1 Å². The summed E-state index contributed by atoms with van der Waals surface area (Å²) in [5, 5.41) is 3.03. The van der Waals surface area contributed by atoms with Gasteiger partial charge in [0.25, 0.3) is 0 Å². The molecule has 2 aromatic carbocycles. The number of Topliss-reactive ketones (excluding diaryl/α,β-unsaturated/α-hetero) is 1. The largest absolute Gasteiger partial charge is 0.496 e. The second kappa shape index (κ2) is 10.2. The van der Waals surface area contributed by atoms with Gasteiger partial charge < -0.3 is 10.1 Å². The number of thioether (sulfide) groups is 1. The molecule has 1 amide bonds. The van der Waals surface area contributed by atoms with Gasteiger partial charge in [0.05, 0.1) is 12.9 Å². The number of anilines is 1. The second-order valence-electron chi connectivity index (χ2n) is 6.52. The van der Waals surface area contributed by atoms with Crippen LogP contribution in [0.1, 0.15) is 54.6 Å². The topological polar surface area (TPSA) is 55.4 Å². The lowest BCUT2D eigenvalue weighted by Gasteiger charge is -2.15. The first-order valence-electron chi connectivity index (χ1n) is 9.10. The summed E-state index contributed by atoms with van der Waals surface area (Å²) < 4.78 is 5.36. The van der Waals surface area contributed by atoms with Crippen molar-refractivity contribution in [1.82, 2.24) is 0 Å². The molecule has 2 rings (SSSR count). The Morgan fingerprint density at radius 1 is 1.19 bits per heavy atom. The second-order valence-corrected chi connectivity index (χ2v) is 7.51. The van der Waals surface area contributed by atoms with Gasteiger partial charge in [-0.05, 0) is 49.1 Å². The van der Waals surface area contributed by atoms with Gasteiger partial charge in [-0.2, -0.15) is 0 Å². The first kappa shape index (κ1) is 21.0. The Balaban J connectivity index is 1.98. The van der Waals surface area contributed by atoms with Crippen LogP contribution in [0.5, 0.6) is 5.75 Å². The Kier molecular flexibility index (Phi) is 7.92. The van der Waals surface area contributed by atoms with Crippen LogP contribution in [0.4, 0.5) is 5.69 Å². The molecule has 0 aliphatic carbocycles. The van der Waals surface area contributed by atoms with Crippen LogP contribution in [-0.4, -0.2) is 24.6 Å². The normalized spacial score (nSPS) is 11.7. The minimum absolute atomic E-state index is 0.0169. The highest BCUT2D eigenvalue weighted by molar-refractivity contribution is 7.99. The molecule has 4 nitrogen and oxygen atoms in total. The molecular weight excluding hydrogens is 358 g/mol. The van der Waals surface area contributed by atoms with Gasteiger partial charge in [0.15, 0.2) is 5.78 Å². The first-order valence-corrected chi connectivity index (χ1v) is 10.3. The molecule has 0 saturated carbocycles. The van der Waals surface area contributed by atoms with Crippen molar-refractivity contribution in [3.05, 3.63) is 59.2 Å². The SMILES string of the molecule is CC[C@H](C)c1ccccc1NC(=O)CSCc1cc(C(C)=O)ccc1OC. The zero-order valence-corrected chi connectivity index (χ0v) is 17.2. The molecule has 1 atom stereocenters. The molecule has 0 aliphatic rings. The molecule has 27 heavy (non-hydrogen) atoms. The van der Waals surface area contributed by atoms with Crippen LogP contribution >= 0.6 is 11.8 Å². The smallest absolute Gasteiger partial charge is 0.234 e. The summed E-state index contributed by atoms with van der Waals surface area (Å²) in [6.45, 7) is 5.84. The van der Waals surface area contributed by atoms with Crippen molar-refractivity contribution in [2.45, 2.75) is 38.9 Å². The van der Waals surface area contributed by atoms with E-state index in [-0.39, 0.29) is 11.7 Å². The number of amides is 1. The van der Waals surface area contributed by atoms with Gasteiger partial charge >= 0.3 is 0 Å². The highest BCUT2D eigenvalue weighted by Crippen LogP contribution is 2.27. The van der Waals surface area contributed by atoms with Crippen molar-refractivity contribution < 1.29 is 14.3 Å². The molecule has 0 bridgehead atoms. The maximum Gasteiger partial charge on any atom is 0.234 e. The molecule has 0 fully saturated rings. The number of para-hydroxylation sites is 1. The highest BCUT2D eigenvalue weighted by atomic mass is 32.2. The van der Waals surface area contributed by atoms with Crippen LogP contribution in [0, 0.1) is 0 Å². The number of ketones is 1. The highest BCUT2D eigenvalue weighted by Gasteiger charge is 2.12. The van der Waals surface area contributed by atoms with E-state index in [0.29, 0.717) is 23.0 Å². The monoisotopic (exact) mass is 385 g/mol. The molecule has 0 radical (unpaired) electrons. The van der Waals surface area contributed by atoms with Gasteiger partial charge in [0.1, 0.15) is 5.75 Å². The van der Waals surface area contributed by atoms with Crippen LogP contribution in [0.15, 0.2) is 42.5 Å². The van der Waals surface area contributed by atoms with E-state index in [9.17, 15) is 9.59 Å².